The van der Waals surface area contributed by atoms with Gasteiger partial charge in [-0.3, -0.25) is 4.79 Å². The fraction of sp³-hybridized carbons (Fsp3) is 0.714. The molecule has 0 aliphatic carbocycles. The van der Waals surface area contributed by atoms with E-state index in [1.54, 1.807) is 6.92 Å². The quantitative estimate of drug-likeness (QED) is 0.590. The number of esters is 1. The van der Waals surface area contributed by atoms with Crippen molar-refractivity contribution in [3.05, 3.63) is 0 Å². The number of hydrogen-bond acceptors (Lipinski definition) is 3. The lowest BCUT2D eigenvalue weighted by atomic mass is 10.2. The fourth-order valence-electron chi connectivity index (χ4n) is 1.03. The van der Waals surface area contributed by atoms with Gasteiger partial charge in [0.2, 0.25) is 0 Å². The molecular formula is C7H10FNO3. The summed E-state index contributed by atoms with van der Waals surface area (Å²) in [6, 6.07) is -0.799. The van der Waals surface area contributed by atoms with Crippen molar-refractivity contribution in [2.24, 2.45) is 0 Å². The first kappa shape index (κ1) is 8.96. The maximum atomic E-state index is 12.5. The Balaban J connectivity index is 2.46. The number of carbonyl (C=O) groups is 2. The third-order valence-electron chi connectivity index (χ3n) is 1.61. The van der Waals surface area contributed by atoms with E-state index in [1.807, 2.05) is 0 Å². The predicted octanol–water partition coefficient (Wildman–Crippen LogP) is -0.224. The van der Waals surface area contributed by atoms with Crippen LogP contribution in [0.3, 0.4) is 0 Å². The zero-order valence-corrected chi connectivity index (χ0v) is 6.67. The maximum Gasteiger partial charge on any atom is 0.328 e. The highest BCUT2D eigenvalue weighted by Crippen LogP contribution is 2.12. The van der Waals surface area contributed by atoms with Crippen molar-refractivity contribution >= 4 is 11.9 Å². The van der Waals surface area contributed by atoms with Crippen LogP contribution in [0.4, 0.5) is 4.39 Å². The Hall–Kier alpha value is -1.13. The SMILES string of the molecule is CCOC(=O)[C@@H]1CC(F)C(=O)N1. The Morgan fingerprint density at radius 1 is 1.83 bits per heavy atom. The van der Waals surface area contributed by atoms with E-state index in [0.29, 0.717) is 0 Å². The lowest BCUT2D eigenvalue weighted by Crippen LogP contribution is -2.34. The minimum atomic E-state index is -1.57. The van der Waals surface area contributed by atoms with Crippen molar-refractivity contribution in [2.45, 2.75) is 25.6 Å². The number of amides is 1. The average Bonchev–Trinajstić information content (AvgIpc) is 2.33. The van der Waals surface area contributed by atoms with Gasteiger partial charge >= 0.3 is 5.97 Å². The van der Waals surface area contributed by atoms with Crippen LogP contribution in [0, 0.1) is 0 Å². The van der Waals surface area contributed by atoms with E-state index >= 15 is 0 Å². The molecule has 1 fully saturated rings. The van der Waals surface area contributed by atoms with Crippen LogP contribution in [0.15, 0.2) is 0 Å². The van der Waals surface area contributed by atoms with E-state index in [-0.39, 0.29) is 13.0 Å². The number of hydrogen-bond donors (Lipinski definition) is 1. The van der Waals surface area contributed by atoms with Gasteiger partial charge in [-0.2, -0.15) is 0 Å². The second-order valence-corrected chi connectivity index (χ2v) is 2.52. The molecular weight excluding hydrogens is 165 g/mol. The molecule has 4 nitrogen and oxygen atoms in total. The molecule has 1 amide bonds. The number of rotatable bonds is 2. The van der Waals surface area contributed by atoms with E-state index in [2.05, 4.69) is 10.1 Å². The van der Waals surface area contributed by atoms with E-state index in [0.717, 1.165) is 0 Å². The zero-order valence-electron chi connectivity index (χ0n) is 6.67. The van der Waals surface area contributed by atoms with Crippen molar-refractivity contribution < 1.29 is 18.7 Å². The minimum Gasteiger partial charge on any atom is -0.464 e. The van der Waals surface area contributed by atoms with Crippen LogP contribution >= 0.6 is 0 Å². The molecule has 0 aromatic heterocycles. The van der Waals surface area contributed by atoms with Crippen molar-refractivity contribution in [1.29, 1.82) is 0 Å². The van der Waals surface area contributed by atoms with Crippen LogP contribution in [-0.4, -0.2) is 30.7 Å². The minimum absolute atomic E-state index is 0.113. The van der Waals surface area contributed by atoms with Gasteiger partial charge < -0.3 is 10.1 Å². The Morgan fingerprint density at radius 3 is 2.92 bits per heavy atom. The molecule has 0 aromatic carbocycles. The van der Waals surface area contributed by atoms with Crippen LogP contribution < -0.4 is 5.32 Å². The van der Waals surface area contributed by atoms with Gasteiger partial charge in [0.05, 0.1) is 6.61 Å². The largest absolute Gasteiger partial charge is 0.464 e. The summed E-state index contributed by atoms with van der Waals surface area (Å²) >= 11 is 0. The summed E-state index contributed by atoms with van der Waals surface area (Å²) in [5.41, 5.74) is 0. The summed E-state index contributed by atoms with van der Waals surface area (Å²) in [6.45, 7) is 1.89. The summed E-state index contributed by atoms with van der Waals surface area (Å²) < 4.78 is 17.2. The third kappa shape index (κ3) is 1.72. The van der Waals surface area contributed by atoms with Crippen molar-refractivity contribution in [1.82, 2.24) is 5.32 Å². The Bertz CT molecular complexity index is 207. The van der Waals surface area contributed by atoms with Crippen molar-refractivity contribution in [3.8, 4) is 0 Å². The van der Waals surface area contributed by atoms with Crippen molar-refractivity contribution in [2.75, 3.05) is 6.61 Å². The van der Waals surface area contributed by atoms with Gasteiger partial charge in [-0.1, -0.05) is 0 Å². The molecule has 12 heavy (non-hydrogen) atoms. The van der Waals surface area contributed by atoms with E-state index in [9.17, 15) is 14.0 Å². The van der Waals surface area contributed by atoms with E-state index in [1.165, 1.54) is 0 Å². The molecule has 1 aliphatic heterocycles. The van der Waals surface area contributed by atoms with Gasteiger partial charge in [0.15, 0.2) is 6.17 Å². The number of halogens is 1. The maximum absolute atomic E-state index is 12.5. The molecule has 1 aliphatic rings. The summed E-state index contributed by atoms with van der Waals surface area (Å²) in [4.78, 5) is 21.5. The monoisotopic (exact) mass is 175 g/mol. The summed E-state index contributed by atoms with van der Waals surface area (Å²) in [5, 5.41) is 2.20. The van der Waals surface area contributed by atoms with E-state index < -0.39 is 24.1 Å². The molecule has 0 radical (unpaired) electrons. The normalized spacial score (nSPS) is 28.3. The number of nitrogens with one attached hydrogen (secondary N) is 1. The molecule has 1 saturated heterocycles. The van der Waals surface area contributed by atoms with Gasteiger partial charge in [-0.25, -0.2) is 9.18 Å². The van der Waals surface area contributed by atoms with Crippen LogP contribution in [0.25, 0.3) is 0 Å². The molecule has 68 valence electrons. The van der Waals surface area contributed by atoms with Gasteiger partial charge in [0.25, 0.3) is 5.91 Å². The number of alkyl halides is 1. The van der Waals surface area contributed by atoms with Crippen LogP contribution in [0.2, 0.25) is 0 Å². The standard InChI is InChI=1S/C7H10FNO3/c1-2-12-7(11)5-3-4(8)6(10)9-5/h4-5H,2-3H2,1H3,(H,9,10)/t4?,5-/m0/s1. The molecule has 0 spiro atoms. The first-order valence-corrected chi connectivity index (χ1v) is 3.76. The summed E-state index contributed by atoms with van der Waals surface area (Å²) in [7, 11) is 0. The molecule has 0 bridgehead atoms. The number of ether oxygens (including phenoxy) is 1. The van der Waals surface area contributed by atoms with Gasteiger partial charge in [0, 0.05) is 6.42 Å². The topological polar surface area (TPSA) is 55.4 Å². The lowest BCUT2D eigenvalue weighted by Gasteiger charge is -2.06. The third-order valence-corrected chi connectivity index (χ3v) is 1.61. The van der Waals surface area contributed by atoms with E-state index in [4.69, 9.17) is 0 Å². The predicted molar refractivity (Wildman–Crippen MR) is 38.1 cm³/mol. The molecule has 1 heterocycles. The average molecular weight is 175 g/mol. The molecule has 1 N–H and O–H groups in total. The fourth-order valence-corrected chi connectivity index (χ4v) is 1.03. The van der Waals surface area contributed by atoms with Crippen molar-refractivity contribution in [3.63, 3.8) is 0 Å². The molecule has 1 rings (SSSR count). The van der Waals surface area contributed by atoms with Gasteiger partial charge in [-0.05, 0) is 6.92 Å². The van der Waals surface area contributed by atoms with Gasteiger partial charge in [-0.15, -0.1) is 0 Å². The molecule has 1 unspecified atom stereocenters. The first-order valence-electron chi connectivity index (χ1n) is 3.76. The highest BCUT2D eigenvalue weighted by Gasteiger charge is 2.36. The van der Waals surface area contributed by atoms with Gasteiger partial charge in [0.1, 0.15) is 6.04 Å². The summed E-state index contributed by atoms with van der Waals surface area (Å²) in [6.07, 6.45) is -1.68. The highest BCUT2D eigenvalue weighted by molar-refractivity contribution is 5.90. The number of carbonyl (C=O) groups excluding carboxylic acids is 2. The molecule has 0 aromatic rings. The Morgan fingerprint density at radius 2 is 2.50 bits per heavy atom. The zero-order chi connectivity index (χ0) is 9.14. The highest BCUT2D eigenvalue weighted by atomic mass is 19.1. The second kappa shape index (κ2) is 3.51. The Labute approximate surface area is 69.1 Å². The summed E-state index contributed by atoms with van der Waals surface area (Å²) in [5.74, 6) is -1.29. The smallest absolute Gasteiger partial charge is 0.328 e. The van der Waals surface area contributed by atoms with Crippen LogP contribution in [0.5, 0.6) is 0 Å². The van der Waals surface area contributed by atoms with Crippen LogP contribution in [0.1, 0.15) is 13.3 Å². The molecule has 2 atom stereocenters. The van der Waals surface area contributed by atoms with Crippen LogP contribution in [-0.2, 0) is 14.3 Å². The first-order chi connectivity index (χ1) is 5.65. The lowest BCUT2D eigenvalue weighted by molar-refractivity contribution is -0.145. The second-order valence-electron chi connectivity index (χ2n) is 2.52. The molecule has 5 heteroatoms. The Kier molecular flexibility index (Phi) is 2.62. The molecule has 0 saturated carbocycles.